The van der Waals surface area contributed by atoms with E-state index in [-0.39, 0.29) is 24.0 Å². The number of carbonyl (C=O) groups excluding carboxylic acids is 1. The molecule has 0 saturated carbocycles. The van der Waals surface area contributed by atoms with Gasteiger partial charge in [-0.2, -0.15) is 5.26 Å². The molecule has 0 spiro atoms. The van der Waals surface area contributed by atoms with E-state index in [1.54, 1.807) is 4.90 Å². The summed E-state index contributed by atoms with van der Waals surface area (Å²) in [6, 6.07) is 9.71. The Labute approximate surface area is 144 Å². The number of benzene rings is 1. The average molecular weight is 378 g/mol. The number of nitrogens with one attached hydrogen (secondary N) is 1. The number of halogens is 1. The Balaban J connectivity index is 1.49. The molecule has 2 aliphatic rings. The number of rotatable bonds is 4. The van der Waals surface area contributed by atoms with Gasteiger partial charge in [0.25, 0.3) is 0 Å². The standard InChI is InChI=1S/C17H20BrN3O2/c18-12-3-6-15(7-4-12)23-11-13-5-8-16(20-13)17(22)21-9-1-2-14(21)10-19/h3-4,6-7,13-14,16,20H,1-2,5,8-9,11H2/t13-,14+,16+/m1/s1. The summed E-state index contributed by atoms with van der Waals surface area (Å²) in [4.78, 5) is 14.3. The number of nitrogens with zero attached hydrogens (tertiary/aromatic N) is 2. The van der Waals surface area contributed by atoms with Gasteiger partial charge < -0.3 is 9.64 Å². The van der Waals surface area contributed by atoms with Gasteiger partial charge in [-0.25, -0.2) is 0 Å². The number of hydrogen-bond donors (Lipinski definition) is 1. The lowest BCUT2D eigenvalue weighted by atomic mass is 10.1. The van der Waals surface area contributed by atoms with Crippen molar-refractivity contribution in [2.45, 2.75) is 43.8 Å². The number of hydrogen-bond acceptors (Lipinski definition) is 4. The van der Waals surface area contributed by atoms with Crippen LogP contribution in [0.15, 0.2) is 28.7 Å². The van der Waals surface area contributed by atoms with E-state index in [2.05, 4.69) is 27.3 Å². The van der Waals surface area contributed by atoms with Crippen molar-refractivity contribution < 1.29 is 9.53 Å². The first-order valence-electron chi connectivity index (χ1n) is 8.02. The lowest BCUT2D eigenvalue weighted by Gasteiger charge is -2.23. The first-order valence-corrected chi connectivity index (χ1v) is 8.81. The highest BCUT2D eigenvalue weighted by atomic mass is 79.9. The van der Waals surface area contributed by atoms with Crippen molar-refractivity contribution in [3.8, 4) is 11.8 Å². The van der Waals surface area contributed by atoms with Gasteiger partial charge in [0, 0.05) is 17.1 Å². The van der Waals surface area contributed by atoms with Crippen molar-refractivity contribution in [1.82, 2.24) is 10.2 Å². The van der Waals surface area contributed by atoms with Crippen LogP contribution in [0.4, 0.5) is 0 Å². The molecule has 122 valence electrons. The van der Waals surface area contributed by atoms with Crippen LogP contribution in [0, 0.1) is 11.3 Å². The minimum absolute atomic E-state index is 0.0696. The van der Waals surface area contributed by atoms with Crippen molar-refractivity contribution in [3.63, 3.8) is 0 Å². The zero-order valence-corrected chi connectivity index (χ0v) is 14.5. The Morgan fingerprint density at radius 2 is 2.13 bits per heavy atom. The minimum Gasteiger partial charge on any atom is -0.492 e. The predicted molar refractivity (Wildman–Crippen MR) is 89.9 cm³/mol. The van der Waals surface area contributed by atoms with E-state index in [0.29, 0.717) is 13.2 Å². The van der Waals surface area contributed by atoms with Gasteiger partial charge in [0.1, 0.15) is 18.4 Å². The molecular formula is C17H20BrN3O2. The monoisotopic (exact) mass is 377 g/mol. The van der Waals surface area contributed by atoms with Crippen molar-refractivity contribution in [2.75, 3.05) is 13.2 Å². The number of likely N-dealkylation sites (tertiary alicyclic amines) is 1. The number of nitriles is 1. The van der Waals surface area contributed by atoms with E-state index < -0.39 is 0 Å². The Kier molecular flexibility index (Phi) is 5.19. The van der Waals surface area contributed by atoms with Crippen molar-refractivity contribution in [2.24, 2.45) is 0 Å². The highest BCUT2D eigenvalue weighted by molar-refractivity contribution is 9.10. The molecule has 0 aliphatic carbocycles. The SMILES string of the molecule is N#C[C@@H]1CCCN1C(=O)[C@@H]1CC[C@H](COc2ccc(Br)cc2)N1. The molecule has 1 amide bonds. The van der Waals surface area contributed by atoms with Crippen LogP contribution in [0.2, 0.25) is 0 Å². The largest absolute Gasteiger partial charge is 0.492 e. The molecule has 6 heteroatoms. The summed E-state index contributed by atoms with van der Waals surface area (Å²) >= 11 is 3.40. The molecule has 2 fully saturated rings. The zero-order chi connectivity index (χ0) is 16.2. The maximum Gasteiger partial charge on any atom is 0.240 e. The summed E-state index contributed by atoms with van der Waals surface area (Å²) in [5, 5.41) is 12.5. The van der Waals surface area contributed by atoms with Gasteiger partial charge in [-0.15, -0.1) is 0 Å². The maximum atomic E-state index is 12.5. The molecule has 0 bridgehead atoms. The maximum absolute atomic E-state index is 12.5. The fraction of sp³-hybridized carbons (Fsp3) is 0.529. The summed E-state index contributed by atoms with van der Waals surface area (Å²) in [5.41, 5.74) is 0. The first kappa shape index (κ1) is 16.3. The summed E-state index contributed by atoms with van der Waals surface area (Å²) < 4.78 is 6.80. The fourth-order valence-corrected chi connectivity index (χ4v) is 3.50. The molecule has 0 unspecified atom stereocenters. The summed E-state index contributed by atoms with van der Waals surface area (Å²) in [5.74, 6) is 0.897. The molecule has 2 saturated heterocycles. The smallest absolute Gasteiger partial charge is 0.240 e. The summed E-state index contributed by atoms with van der Waals surface area (Å²) in [6.07, 6.45) is 3.44. The van der Waals surface area contributed by atoms with Crippen molar-refractivity contribution in [1.29, 1.82) is 5.26 Å². The van der Waals surface area contributed by atoms with E-state index in [1.165, 1.54) is 0 Å². The first-order chi connectivity index (χ1) is 11.2. The molecule has 2 heterocycles. The molecule has 2 aliphatic heterocycles. The second-order valence-electron chi connectivity index (χ2n) is 6.08. The minimum atomic E-state index is -0.248. The number of carbonyl (C=O) groups is 1. The Morgan fingerprint density at radius 3 is 2.87 bits per heavy atom. The van der Waals surface area contributed by atoms with Crippen LogP contribution in [0.1, 0.15) is 25.7 Å². The van der Waals surface area contributed by atoms with Crippen LogP contribution in [-0.4, -0.2) is 42.1 Å². The Hall–Kier alpha value is -1.58. The second kappa shape index (κ2) is 7.33. The molecule has 3 rings (SSSR count). The molecule has 5 nitrogen and oxygen atoms in total. The molecule has 3 atom stereocenters. The van der Waals surface area contributed by atoms with E-state index in [0.717, 1.165) is 35.9 Å². The predicted octanol–water partition coefficient (Wildman–Crippen LogP) is 2.46. The average Bonchev–Trinajstić information content (AvgIpc) is 3.23. The van der Waals surface area contributed by atoms with Crippen LogP contribution in [0.5, 0.6) is 5.75 Å². The molecule has 0 aromatic heterocycles. The van der Waals surface area contributed by atoms with Gasteiger partial charge >= 0.3 is 0 Å². The molecular weight excluding hydrogens is 358 g/mol. The van der Waals surface area contributed by atoms with Crippen LogP contribution >= 0.6 is 15.9 Å². The fourth-order valence-electron chi connectivity index (χ4n) is 3.24. The molecule has 1 N–H and O–H groups in total. The molecule has 1 aromatic rings. The van der Waals surface area contributed by atoms with Crippen LogP contribution in [0.25, 0.3) is 0 Å². The van der Waals surface area contributed by atoms with E-state index in [9.17, 15) is 4.79 Å². The third-order valence-electron chi connectivity index (χ3n) is 4.49. The van der Waals surface area contributed by atoms with Gasteiger partial charge in [-0.1, -0.05) is 15.9 Å². The summed E-state index contributed by atoms with van der Waals surface area (Å²) in [7, 11) is 0. The quantitative estimate of drug-likeness (QED) is 0.874. The van der Waals surface area contributed by atoms with Gasteiger partial charge in [-0.05, 0) is 49.9 Å². The molecule has 1 aromatic carbocycles. The van der Waals surface area contributed by atoms with E-state index >= 15 is 0 Å². The third kappa shape index (κ3) is 3.85. The Morgan fingerprint density at radius 1 is 1.35 bits per heavy atom. The number of ether oxygens (including phenoxy) is 1. The highest BCUT2D eigenvalue weighted by Gasteiger charge is 2.36. The van der Waals surface area contributed by atoms with Gasteiger partial charge in [0.05, 0.1) is 12.1 Å². The van der Waals surface area contributed by atoms with Gasteiger partial charge in [0.15, 0.2) is 0 Å². The van der Waals surface area contributed by atoms with Gasteiger partial charge in [-0.3, -0.25) is 10.1 Å². The van der Waals surface area contributed by atoms with Crippen molar-refractivity contribution in [3.05, 3.63) is 28.7 Å². The highest BCUT2D eigenvalue weighted by Crippen LogP contribution is 2.22. The van der Waals surface area contributed by atoms with E-state index in [4.69, 9.17) is 10.00 Å². The third-order valence-corrected chi connectivity index (χ3v) is 5.02. The second-order valence-corrected chi connectivity index (χ2v) is 6.99. The topological polar surface area (TPSA) is 65.4 Å². The number of amides is 1. The normalized spacial score (nSPS) is 27.0. The van der Waals surface area contributed by atoms with Crippen LogP contribution < -0.4 is 10.1 Å². The van der Waals surface area contributed by atoms with Gasteiger partial charge in [0.2, 0.25) is 5.91 Å². The lowest BCUT2D eigenvalue weighted by Crippen LogP contribution is -2.47. The molecule has 0 radical (unpaired) electrons. The van der Waals surface area contributed by atoms with Crippen molar-refractivity contribution >= 4 is 21.8 Å². The van der Waals surface area contributed by atoms with Crippen LogP contribution in [0.3, 0.4) is 0 Å². The summed E-state index contributed by atoms with van der Waals surface area (Å²) in [6.45, 7) is 1.25. The Bertz CT molecular complexity index is 599. The zero-order valence-electron chi connectivity index (χ0n) is 12.9. The van der Waals surface area contributed by atoms with Crippen LogP contribution in [-0.2, 0) is 4.79 Å². The van der Waals surface area contributed by atoms with E-state index in [1.807, 2.05) is 24.3 Å². The lowest BCUT2D eigenvalue weighted by molar-refractivity contribution is -0.133. The molecule has 23 heavy (non-hydrogen) atoms.